The van der Waals surface area contributed by atoms with Gasteiger partial charge in [0.05, 0.1) is 0 Å². The van der Waals surface area contributed by atoms with Crippen LogP contribution in [0.25, 0.3) is 0 Å². The van der Waals surface area contributed by atoms with Crippen molar-refractivity contribution in [3.05, 3.63) is 0 Å². The van der Waals surface area contributed by atoms with E-state index in [9.17, 15) is 0 Å². The van der Waals surface area contributed by atoms with Crippen molar-refractivity contribution in [1.29, 1.82) is 0 Å². The topological polar surface area (TPSA) is 74.6 Å². The molecule has 0 aliphatic rings. The van der Waals surface area contributed by atoms with Gasteiger partial charge in [-0.25, -0.2) is 0 Å². The molecule has 2 N–H and O–H groups in total. The molecule has 56 valence electrons. The number of rotatable bonds is 0. The Kier molecular flexibility index (Phi) is 71.8. The van der Waals surface area contributed by atoms with Crippen LogP contribution in [-0.4, -0.2) is 168 Å². The van der Waals surface area contributed by atoms with Gasteiger partial charge in [-0.1, -0.05) is 0 Å². The first-order chi connectivity index (χ1) is 2.00. The minimum absolute atomic E-state index is 0. The molecule has 0 aromatic heterocycles. The van der Waals surface area contributed by atoms with E-state index < -0.39 is 10.4 Å². The third kappa shape index (κ3) is 71.2. The number of hydrogen-bond donors (Lipinski definition) is 2. The summed E-state index contributed by atoms with van der Waals surface area (Å²) in [5, 5.41) is 0. The average Bonchev–Trinajstić information content (AvgIpc) is 0.722. The van der Waals surface area contributed by atoms with E-state index in [1.54, 1.807) is 0 Å². The molecule has 0 aliphatic carbocycles. The van der Waals surface area contributed by atoms with Gasteiger partial charge in [0.2, 0.25) is 0 Å². The molecular formula is H13Ca4O4PS. The summed E-state index contributed by atoms with van der Waals surface area (Å²) < 4.78 is 31.6. The van der Waals surface area contributed by atoms with Crippen LogP contribution >= 0.6 is 9.90 Å². The molecule has 0 saturated carbocycles. The van der Waals surface area contributed by atoms with Crippen molar-refractivity contribution in [2.24, 2.45) is 0 Å². The molecule has 0 bridgehead atoms. The Hall–Kier alpha value is 5.34. The van der Waals surface area contributed by atoms with Gasteiger partial charge >= 0.3 is 161 Å². The van der Waals surface area contributed by atoms with E-state index in [0.29, 0.717) is 0 Å². The van der Waals surface area contributed by atoms with Gasteiger partial charge in [-0.05, 0) is 0 Å². The fourth-order valence-corrected chi connectivity index (χ4v) is 0. The zero-order valence-corrected chi connectivity index (χ0v) is 5.06. The van der Waals surface area contributed by atoms with Crippen LogP contribution in [0.5, 0.6) is 0 Å². The van der Waals surface area contributed by atoms with Gasteiger partial charge in [-0.2, -0.15) is 18.3 Å². The van der Waals surface area contributed by atoms with Gasteiger partial charge in [0, 0.05) is 0 Å². The van der Waals surface area contributed by atoms with E-state index in [1.807, 2.05) is 0 Å². The van der Waals surface area contributed by atoms with E-state index in [-0.39, 0.29) is 161 Å². The Morgan fingerprint density at radius 3 is 0.800 bits per heavy atom. The molecule has 0 spiro atoms. The molecule has 0 radical (unpaired) electrons. The summed E-state index contributed by atoms with van der Waals surface area (Å²) >= 11 is 0. The van der Waals surface area contributed by atoms with Crippen molar-refractivity contribution in [3.8, 4) is 0 Å². The predicted molar refractivity (Wildman–Crippen MR) is 59.5 cm³/mol. The van der Waals surface area contributed by atoms with E-state index in [1.165, 1.54) is 0 Å². The maximum atomic E-state index is 8.74. The van der Waals surface area contributed by atoms with Crippen molar-refractivity contribution >= 4 is 171 Å². The standard InChI is InChI=1S/4Ca.H2O4S.H3P.8H/c;;;;1-5(2,3)4;;;;;;;;;/h;;;;(H2,1,2,3,4);1H3;;;;;;;;. The van der Waals surface area contributed by atoms with Crippen LogP contribution in [0.2, 0.25) is 0 Å². The number of hydrogen-bond acceptors (Lipinski definition) is 2. The molecule has 1 atom stereocenters. The Morgan fingerprint density at radius 1 is 0.800 bits per heavy atom. The Bertz CT molecular complexity index is 100. The Balaban J connectivity index is -0.00000000800. The molecule has 4 nitrogen and oxygen atoms in total. The van der Waals surface area contributed by atoms with Crippen molar-refractivity contribution < 1.29 is 17.5 Å². The van der Waals surface area contributed by atoms with E-state index in [4.69, 9.17) is 17.5 Å². The summed E-state index contributed by atoms with van der Waals surface area (Å²) in [5.74, 6) is 0. The van der Waals surface area contributed by atoms with Crippen LogP contribution in [0.4, 0.5) is 0 Å². The third-order valence-corrected chi connectivity index (χ3v) is 0. The van der Waals surface area contributed by atoms with Gasteiger partial charge in [-0.3, -0.25) is 9.11 Å². The molecule has 0 aromatic rings. The van der Waals surface area contributed by atoms with Crippen molar-refractivity contribution in [2.45, 2.75) is 0 Å². The van der Waals surface area contributed by atoms with Gasteiger partial charge in [0.1, 0.15) is 0 Å². The van der Waals surface area contributed by atoms with Gasteiger partial charge in [-0.15, -0.1) is 0 Å². The zero-order chi connectivity index (χ0) is 4.50. The summed E-state index contributed by atoms with van der Waals surface area (Å²) in [4.78, 5) is 0. The first-order valence-corrected chi connectivity index (χ1v) is 2.10. The average molecular weight is 300 g/mol. The molecule has 0 rings (SSSR count). The summed E-state index contributed by atoms with van der Waals surface area (Å²) in [6.45, 7) is 0. The molecular weight excluding hydrogens is 287 g/mol. The molecule has 0 saturated heterocycles. The van der Waals surface area contributed by atoms with Crippen molar-refractivity contribution in [3.63, 3.8) is 0 Å². The minimum atomic E-state index is -4.67. The van der Waals surface area contributed by atoms with Gasteiger partial charge in [0.15, 0.2) is 0 Å². The zero-order valence-electron chi connectivity index (χ0n) is 2.83. The van der Waals surface area contributed by atoms with Crippen LogP contribution in [0.15, 0.2) is 0 Å². The second-order valence-electron chi connectivity index (χ2n) is 0.448. The molecule has 1 unspecified atom stereocenters. The molecule has 0 amide bonds. The molecule has 0 aromatic carbocycles. The normalized spacial score (nSPS) is 5.80. The monoisotopic (exact) mass is 300 g/mol. The fraction of sp³-hybridized carbons (Fsp3) is 0. The Labute approximate surface area is 183 Å². The summed E-state index contributed by atoms with van der Waals surface area (Å²) in [6.07, 6.45) is 0. The third-order valence-electron chi connectivity index (χ3n) is 0. The summed E-state index contributed by atoms with van der Waals surface area (Å²) in [5.41, 5.74) is 0. The van der Waals surface area contributed by atoms with Crippen LogP contribution < -0.4 is 0 Å². The van der Waals surface area contributed by atoms with E-state index in [2.05, 4.69) is 0 Å². The molecule has 10 heteroatoms. The van der Waals surface area contributed by atoms with Crippen LogP contribution in [-0.2, 0) is 10.4 Å². The SMILES string of the molecule is O=S(=O)(O)O.P.[CaH2].[CaH2].[CaH2].[CaH2]. The second kappa shape index (κ2) is 19.8. The van der Waals surface area contributed by atoms with Crippen molar-refractivity contribution in [1.82, 2.24) is 0 Å². The van der Waals surface area contributed by atoms with E-state index >= 15 is 0 Å². The maximum absolute atomic E-state index is 8.74. The van der Waals surface area contributed by atoms with Crippen LogP contribution in [0.1, 0.15) is 0 Å². The van der Waals surface area contributed by atoms with Crippen LogP contribution in [0, 0.1) is 0 Å². The fourth-order valence-electron chi connectivity index (χ4n) is 0. The predicted octanol–water partition coefficient (Wildman–Crippen LogP) is -4.26. The first kappa shape index (κ1) is 36.2. The van der Waals surface area contributed by atoms with Gasteiger partial charge in [0.25, 0.3) is 0 Å². The molecule has 0 fully saturated rings. The molecule has 10 heavy (non-hydrogen) atoms. The summed E-state index contributed by atoms with van der Waals surface area (Å²) in [7, 11) is -4.67. The van der Waals surface area contributed by atoms with Crippen molar-refractivity contribution in [2.75, 3.05) is 0 Å². The van der Waals surface area contributed by atoms with E-state index in [0.717, 1.165) is 0 Å². The molecule has 0 heterocycles. The van der Waals surface area contributed by atoms with Crippen LogP contribution in [0.3, 0.4) is 0 Å². The molecule has 0 aliphatic heterocycles. The summed E-state index contributed by atoms with van der Waals surface area (Å²) in [6, 6.07) is 0. The first-order valence-electron chi connectivity index (χ1n) is 0.698. The second-order valence-corrected chi connectivity index (χ2v) is 1.34. The Morgan fingerprint density at radius 2 is 0.800 bits per heavy atom. The quantitative estimate of drug-likeness (QED) is 0.270. The van der Waals surface area contributed by atoms with Gasteiger partial charge < -0.3 is 0 Å².